The Balaban J connectivity index is 0.000000120. The molecule has 0 fully saturated rings. The summed E-state index contributed by atoms with van der Waals surface area (Å²) in [6, 6.07) is 173. The predicted octanol–water partition coefficient (Wildman–Crippen LogP) is 31.8. The monoisotopic (exact) mass is 2350 g/mol. The van der Waals surface area contributed by atoms with E-state index in [9.17, 15) is 0 Å². The molecule has 0 aliphatic rings. The van der Waals surface area contributed by atoms with Crippen LogP contribution in [-0.4, -0.2) is 43.6 Å². The zero-order chi connectivity index (χ0) is 91.4. The molecule has 0 saturated heterocycles. The molecule has 27 aromatic rings. The van der Waals surface area contributed by atoms with Crippen molar-refractivity contribution in [3.63, 3.8) is 0 Å². The fourth-order valence-corrected chi connectivity index (χ4v) is 18.6. The number of pyridine rings is 3. The molecule has 9 heterocycles. The average molecular weight is 2350 g/mol. The summed E-state index contributed by atoms with van der Waals surface area (Å²) in [7, 11) is 0. The molecule has 18 aromatic carbocycles. The smallest absolute Gasteiger partial charge is 0.481 e. The molecule has 0 bridgehead atoms. The zero-order valence-corrected chi connectivity index (χ0v) is 81.8. The van der Waals surface area contributed by atoms with Gasteiger partial charge in [0.05, 0.1) is 22.2 Å². The Kier molecular flexibility index (Phi) is 24.8. The van der Waals surface area contributed by atoms with Crippen LogP contribution in [0.2, 0.25) is 0 Å². The number of nitrogens with zero attached hydrogens (tertiary/aromatic N) is 9. The third-order valence-electron chi connectivity index (χ3n) is 25.4. The SMILES string of the molecule is [Pt+2].[Pt+2].[Pt+2].[c-]1c(-c2cc(-c3ccc(-c4ccccc4)cc3)ccn2)cccc1-n1c2[c-]c(-c3nc4ccccc4o3)ccc2c2ccccc21.[c-]1c(-c2ccc(-c3ccc(-c4ccccc4)cc3)cn2)cccc1-n1c2[c-]c(-c3nc4ccccc4o3)ccc2c2ccccc21.[c-]1c(-c2cccc(-c3ccc(-c4ccccc4)cc3)n2)cccc1-n1c2[c-]c(-c3nc4ccccc4o3)ccc2c2ccccc21. The Morgan fingerprint density at radius 3 is 0.901 bits per heavy atom. The van der Waals surface area contributed by atoms with E-state index in [1.165, 1.54) is 33.4 Å². The van der Waals surface area contributed by atoms with Gasteiger partial charge in [-0.05, 0) is 195 Å². The van der Waals surface area contributed by atoms with Crippen LogP contribution in [0, 0.1) is 36.4 Å². The van der Waals surface area contributed by atoms with Crippen LogP contribution in [0.1, 0.15) is 0 Å². The summed E-state index contributed by atoms with van der Waals surface area (Å²) < 4.78 is 25.0. The number of para-hydroxylation sites is 9. The summed E-state index contributed by atoms with van der Waals surface area (Å²) in [5.41, 5.74) is 35.0. The second-order valence-corrected chi connectivity index (χ2v) is 33.9. The minimum atomic E-state index is 0. The third kappa shape index (κ3) is 17.5. The maximum Gasteiger partial charge on any atom is 2.00 e. The van der Waals surface area contributed by atoms with Crippen molar-refractivity contribution in [2.75, 3.05) is 0 Å². The number of fused-ring (bicyclic) bond motifs is 12. The molecule has 15 heteroatoms. The third-order valence-corrected chi connectivity index (χ3v) is 25.4. The predicted molar refractivity (Wildman–Crippen MR) is 557 cm³/mol. The molecular weight excluding hydrogens is 2270 g/mol. The average Bonchev–Trinajstić information content (AvgIpc) is 1.59. The number of aromatic nitrogens is 9. The molecule has 672 valence electrons. The summed E-state index contributed by atoms with van der Waals surface area (Å²) in [6.45, 7) is 0. The second kappa shape index (κ2) is 39.0. The molecule has 0 radical (unpaired) electrons. The summed E-state index contributed by atoms with van der Waals surface area (Å²) in [5, 5.41) is 6.76. The van der Waals surface area contributed by atoms with Crippen LogP contribution in [-0.2, 0) is 63.2 Å². The Labute approximate surface area is 855 Å². The van der Waals surface area contributed by atoms with Gasteiger partial charge in [-0.3, -0.25) is 19.9 Å². The first-order valence-electron chi connectivity index (χ1n) is 45.8. The zero-order valence-electron chi connectivity index (χ0n) is 75.0. The van der Waals surface area contributed by atoms with Gasteiger partial charge < -0.3 is 36.9 Å². The quantitative estimate of drug-likeness (QED) is 0.0921. The Bertz CT molecular complexity index is 8820. The summed E-state index contributed by atoms with van der Waals surface area (Å²) in [4.78, 5) is 28.9. The standard InChI is InChI=1S/3C42H25N3O.3Pt/c1-2-10-28(11-3-1)29-20-22-30(23-21-29)36-16-9-17-37(43-36)31-12-8-13-33(26-31)45-39-18-6-4-14-34(39)35-25-24-32(27-40(35)45)42-44-38-15-5-7-19-41(38)46-42;1-2-9-28(10-3-1)29-17-19-30(20-18-29)33-22-24-37(43-27-33)31-11-8-12-34(25-31)45-39-15-6-4-13-35(39)36-23-21-32(26-40(36)45)42-44-38-14-5-7-16-41(38)46-42;1-2-9-28(10-3-1)29-17-19-30(20-18-29)31-23-24-43-38(26-31)32-11-8-12-34(25-32)45-39-15-6-4-13-35(39)36-22-21-33(27-40(36)45)42-44-37-14-5-7-16-41(37)46-42;;;/h1-25H;1-24,27H;1-24,26H;;;/q3*-2;3*+2. The first-order chi connectivity index (χ1) is 68.3. The van der Waals surface area contributed by atoms with E-state index in [1.807, 2.05) is 128 Å². The molecule has 0 atom stereocenters. The molecule has 141 heavy (non-hydrogen) atoms. The second-order valence-electron chi connectivity index (χ2n) is 33.9. The van der Waals surface area contributed by atoms with E-state index < -0.39 is 0 Å². The molecule has 0 unspecified atom stereocenters. The number of hydrogen-bond donors (Lipinski definition) is 0. The van der Waals surface area contributed by atoms with Gasteiger partial charge in [0, 0.05) is 28.9 Å². The number of hydrogen-bond acceptors (Lipinski definition) is 9. The summed E-state index contributed by atoms with van der Waals surface area (Å²) >= 11 is 0. The van der Waals surface area contributed by atoms with Crippen molar-refractivity contribution in [3.8, 4) is 152 Å². The van der Waals surface area contributed by atoms with Gasteiger partial charge in [0.2, 0.25) is 0 Å². The van der Waals surface area contributed by atoms with Crippen LogP contribution in [0.25, 0.3) is 251 Å². The van der Waals surface area contributed by atoms with E-state index in [4.69, 9.17) is 43.2 Å². The molecule has 9 aromatic heterocycles. The molecule has 0 aliphatic heterocycles. The van der Waals surface area contributed by atoms with E-state index in [2.05, 4.69) is 378 Å². The molecular formula is C126H75N9O3Pt3. The van der Waals surface area contributed by atoms with E-state index in [0.29, 0.717) is 17.7 Å². The molecule has 0 spiro atoms. The van der Waals surface area contributed by atoms with Crippen molar-refractivity contribution in [1.82, 2.24) is 43.6 Å². The van der Waals surface area contributed by atoms with Gasteiger partial charge in [0.25, 0.3) is 0 Å². The van der Waals surface area contributed by atoms with Gasteiger partial charge >= 0.3 is 63.2 Å². The Hall–Kier alpha value is -16.7. The number of oxazole rings is 3. The van der Waals surface area contributed by atoms with E-state index in [-0.39, 0.29) is 63.2 Å². The van der Waals surface area contributed by atoms with Gasteiger partial charge in [-0.1, -0.05) is 318 Å². The van der Waals surface area contributed by atoms with Gasteiger partial charge in [-0.15, -0.1) is 144 Å². The van der Waals surface area contributed by atoms with Crippen LogP contribution in [0.3, 0.4) is 0 Å². The number of benzene rings is 18. The molecule has 0 saturated carbocycles. The van der Waals surface area contributed by atoms with Crippen LogP contribution in [0.4, 0.5) is 0 Å². The minimum absolute atomic E-state index is 0. The normalized spacial score (nSPS) is 11.2. The molecule has 0 amide bonds. The maximum atomic E-state index is 6.11. The van der Waals surface area contributed by atoms with Crippen LogP contribution < -0.4 is 0 Å². The fraction of sp³-hybridized carbons (Fsp3) is 0. The van der Waals surface area contributed by atoms with Crippen molar-refractivity contribution < 1.29 is 76.4 Å². The minimum Gasteiger partial charge on any atom is -0.481 e. The van der Waals surface area contributed by atoms with Crippen molar-refractivity contribution >= 4 is 98.7 Å². The van der Waals surface area contributed by atoms with Crippen LogP contribution in [0.15, 0.2) is 468 Å². The number of rotatable bonds is 15. The topological polar surface area (TPSA) is 132 Å². The maximum absolute atomic E-state index is 6.11. The van der Waals surface area contributed by atoms with E-state index in [1.54, 1.807) is 0 Å². The Morgan fingerprint density at radius 2 is 0.511 bits per heavy atom. The molecule has 12 nitrogen and oxygen atoms in total. The van der Waals surface area contributed by atoms with Crippen LogP contribution in [0.5, 0.6) is 0 Å². The van der Waals surface area contributed by atoms with Gasteiger partial charge in [-0.25, -0.2) is 0 Å². The Morgan fingerprint density at radius 1 is 0.191 bits per heavy atom. The van der Waals surface area contributed by atoms with E-state index in [0.717, 1.165) is 200 Å². The molecule has 0 N–H and O–H groups in total. The summed E-state index contributed by atoms with van der Waals surface area (Å²) in [5.74, 6) is 1.66. The van der Waals surface area contributed by atoms with Crippen molar-refractivity contribution in [1.29, 1.82) is 0 Å². The first kappa shape index (κ1) is 89.5. The van der Waals surface area contributed by atoms with Crippen LogP contribution >= 0.6 is 0 Å². The first-order valence-corrected chi connectivity index (χ1v) is 45.8. The van der Waals surface area contributed by atoms with Gasteiger partial charge in [0.1, 0.15) is 34.4 Å². The fourth-order valence-electron chi connectivity index (χ4n) is 18.6. The molecule has 27 rings (SSSR count). The van der Waals surface area contributed by atoms with Crippen molar-refractivity contribution in [2.24, 2.45) is 0 Å². The summed E-state index contributed by atoms with van der Waals surface area (Å²) in [6.07, 6.45) is 3.81. The van der Waals surface area contributed by atoms with E-state index >= 15 is 0 Å². The van der Waals surface area contributed by atoms with Gasteiger partial charge in [0.15, 0.2) is 0 Å². The largest absolute Gasteiger partial charge is 2.00 e. The molecule has 0 aliphatic carbocycles. The van der Waals surface area contributed by atoms with Crippen molar-refractivity contribution in [2.45, 2.75) is 0 Å². The van der Waals surface area contributed by atoms with Crippen molar-refractivity contribution in [3.05, 3.63) is 492 Å². The van der Waals surface area contributed by atoms with Gasteiger partial charge in [-0.2, -0.15) is 0 Å².